The zero-order valence-corrected chi connectivity index (χ0v) is 11.8. The van der Waals surface area contributed by atoms with Crippen molar-refractivity contribution in [1.82, 2.24) is 0 Å². The number of aliphatic hydroxyl groups is 1. The van der Waals surface area contributed by atoms with E-state index in [0.29, 0.717) is 11.8 Å². The minimum Gasteiger partial charge on any atom is -0.389 e. The number of benzene rings is 1. The Hall–Kier alpha value is -0.510. The van der Waals surface area contributed by atoms with Gasteiger partial charge in [-0.15, -0.1) is 0 Å². The van der Waals surface area contributed by atoms with Gasteiger partial charge in [0.05, 0.1) is 5.60 Å². The van der Waals surface area contributed by atoms with Crippen molar-refractivity contribution < 1.29 is 5.11 Å². The lowest BCUT2D eigenvalue weighted by atomic mass is 10.0. The Balaban J connectivity index is 2.40. The number of aryl methyl sites for hydroxylation is 1. The van der Waals surface area contributed by atoms with Crippen molar-refractivity contribution in [3.05, 3.63) is 35.4 Å². The third-order valence-electron chi connectivity index (χ3n) is 2.78. The molecule has 0 heterocycles. The van der Waals surface area contributed by atoms with Gasteiger partial charge in [-0.25, -0.2) is 0 Å². The van der Waals surface area contributed by atoms with Gasteiger partial charge < -0.3 is 10.8 Å². The molecule has 0 spiro atoms. The van der Waals surface area contributed by atoms with E-state index in [2.05, 4.69) is 38.1 Å². The van der Waals surface area contributed by atoms with Gasteiger partial charge in [-0.1, -0.05) is 36.8 Å². The SMILES string of the molecule is Cc1cccc(CSC(C)CC(C)(O)CN)c1. The molecule has 2 unspecified atom stereocenters. The van der Waals surface area contributed by atoms with E-state index in [-0.39, 0.29) is 0 Å². The second kappa shape index (κ2) is 6.43. The van der Waals surface area contributed by atoms with Crippen molar-refractivity contribution in [2.45, 2.75) is 43.8 Å². The minimum absolute atomic E-state index is 0.322. The van der Waals surface area contributed by atoms with Gasteiger partial charge in [0.2, 0.25) is 0 Å². The van der Waals surface area contributed by atoms with E-state index >= 15 is 0 Å². The lowest BCUT2D eigenvalue weighted by Crippen LogP contribution is -2.36. The molecule has 0 aliphatic heterocycles. The third-order valence-corrected chi connectivity index (χ3v) is 4.02. The predicted molar refractivity (Wildman–Crippen MR) is 76.2 cm³/mol. The molecular weight excluding hydrogens is 230 g/mol. The summed E-state index contributed by atoms with van der Waals surface area (Å²) in [5.74, 6) is 0.990. The van der Waals surface area contributed by atoms with Gasteiger partial charge in [-0.05, 0) is 25.8 Å². The molecule has 0 saturated heterocycles. The van der Waals surface area contributed by atoms with Crippen LogP contribution < -0.4 is 5.73 Å². The molecule has 2 atom stereocenters. The van der Waals surface area contributed by atoms with Crippen LogP contribution in [0.1, 0.15) is 31.4 Å². The maximum atomic E-state index is 9.90. The normalized spacial score (nSPS) is 16.5. The highest BCUT2D eigenvalue weighted by molar-refractivity contribution is 7.99. The average Bonchev–Trinajstić information content (AvgIpc) is 2.26. The van der Waals surface area contributed by atoms with Crippen LogP contribution in [0.3, 0.4) is 0 Å². The molecule has 1 rings (SSSR count). The summed E-state index contributed by atoms with van der Waals surface area (Å²) in [5, 5.41) is 10.3. The van der Waals surface area contributed by atoms with Crippen LogP contribution >= 0.6 is 11.8 Å². The van der Waals surface area contributed by atoms with Crippen molar-refractivity contribution in [3.63, 3.8) is 0 Å². The summed E-state index contributed by atoms with van der Waals surface area (Å²) in [6.45, 7) is 6.38. The number of nitrogens with two attached hydrogens (primary N) is 1. The molecule has 3 heteroatoms. The van der Waals surface area contributed by atoms with Crippen molar-refractivity contribution in [2.75, 3.05) is 6.54 Å². The lowest BCUT2D eigenvalue weighted by molar-refractivity contribution is 0.0608. The first kappa shape index (κ1) is 14.6. The van der Waals surface area contributed by atoms with Gasteiger partial charge in [0.15, 0.2) is 0 Å². The molecule has 0 fully saturated rings. The summed E-state index contributed by atoms with van der Waals surface area (Å²) in [5.41, 5.74) is 7.42. The van der Waals surface area contributed by atoms with Crippen LogP contribution in [-0.2, 0) is 5.75 Å². The predicted octanol–water partition coefficient (Wildman–Crippen LogP) is 2.72. The molecule has 0 aromatic heterocycles. The average molecular weight is 253 g/mol. The van der Waals surface area contributed by atoms with Crippen molar-refractivity contribution in [1.29, 1.82) is 0 Å². The Bertz CT molecular complexity index is 352. The van der Waals surface area contributed by atoms with E-state index < -0.39 is 5.60 Å². The molecular formula is C14H23NOS. The first-order chi connectivity index (χ1) is 7.93. The zero-order chi connectivity index (χ0) is 12.9. The minimum atomic E-state index is -0.737. The summed E-state index contributed by atoms with van der Waals surface area (Å²) in [7, 11) is 0. The first-order valence-corrected chi connectivity index (χ1v) is 7.07. The number of hydrogen-bond acceptors (Lipinski definition) is 3. The van der Waals surface area contributed by atoms with Crippen LogP contribution in [0.2, 0.25) is 0 Å². The maximum absolute atomic E-state index is 9.90. The van der Waals surface area contributed by atoms with Crippen LogP contribution in [-0.4, -0.2) is 22.5 Å². The van der Waals surface area contributed by atoms with Crippen LogP contribution in [0.15, 0.2) is 24.3 Å². The van der Waals surface area contributed by atoms with E-state index in [4.69, 9.17) is 5.73 Å². The fraction of sp³-hybridized carbons (Fsp3) is 0.571. The topological polar surface area (TPSA) is 46.2 Å². The lowest BCUT2D eigenvalue weighted by Gasteiger charge is -2.24. The molecule has 96 valence electrons. The van der Waals surface area contributed by atoms with E-state index in [9.17, 15) is 5.11 Å². The molecule has 17 heavy (non-hydrogen) atoms. The molecule has 0 aliphatic rings. The molecule has 1 aromatic rings. The maximum Gasteiger partial charge on any atom is 0.0751 e. The molecule has 2 nitrogen and oxygen atoms in total. The number of thioether (sulfide) groups is 1. The van der Waals surface area contributed by atoms with Crippen LogP contribution in [0.4, 0.5) is 0 Å². The molecule has 0 bridgehead atoms. The van der Waals surface area contributed by atoms with Gasteiger partial charge in [0.1, 0.15) is 0 Å². The van der Waals surface area contributed by atoms with Crippen molar-refractivity contribution in [2.24, 2.45) is 5.73 Å². The van der Waals surface area contributed by atoms with Crippen molar-refractivity contribution in [3.8, 4) is 0 Å². The molecule has 0 radical (unpaired) electrons. The first-order valence-electron chi connectivity index (χ1n) is 6.02. The Morgan fingerprint density at radius 1 is 1.47 bits per heavy atom. The van der Waals surface area contributed by atoms with E-state index in [0.717, 1.165) is 12.2 Å². The smallest absolute Gasteiger partial charge is 0.0751 e. The van der Waals surface area contributed by atoms with Crippen LogP contribution in [0, 0.1) is 6.92 Å². The van der Waals surface area contributed by atoms with E-state index in [1.165, 1.54) is 11.1 Å². The molecule has 3 N–H and O–H groups in total. The summed E-state index contributed by atoms with van der Waals surface area (Å²) in [6, 6.07) is 8.55. The Morgan fingerprint density at radius 2 is 2.18 bits per heavy atom. The van der Waals surface area contributed by atoms with Crippen molar-refractivity contribution >= 4 is 11.8 Å². The van der Waals surface area contributed by atoms with Gasteiger partial charge in [0, 0.05) is 17.5 Å². The van der Waals surface area contributed by atoms with Gasteiger partial charge >= 0.3 is 0 Å². The summed E-state index contributed by atoms with van der Waals surface area (Å²) >= 11 is 1.86. The molecule has 0 aliphatic carbocycles. The highest BCUT2D eigenvalue weighted by atomic mass is 32.2. The molecule has 0 saturated carbocycles. The number of rotatable bonds is 6. The Kier molecular flexibility index (Phi) is 5.50. The summed E-state index contributed by atoms with van der Waals surface area (Å²) in [6.07, 6.45) is 0.736. The fourth-order valence-electron chi connectivity index (χ4n) is 1.80. The highest BCUT2D eigenvalue weighted by Crippen LogP contribution is 2.24. The van der Waals surface area contributed by atoms with Gasteiger partial charge in [-0.2, -0.15) is 11.8 Å². The van der Waals surface area contributed by atoms with Gasteiger partial charge in [-0.3, -0.25) is 0 Å². The van der Waals surface area contributed by atoms with E-state index in [1.54, 1.807) is 6.92 Å². The summed E-state index contributed by atoms with van der Waals surface area (Å²) in [4.78, 5) is 0. The summed E-state index contributed by atoms with van der Waals surface area (Å²) < 4.78 is 0. The Morgan fingerprint density at radius 3 is 2.76 bits per heavy atom. The zero-order valence-electron chi connectivity index (χ0n) is 10.9. The second-order valence-corrected chi connectivity index (χ2v) is 6.44. The third kappa shape index (κ3) is 5.57. The highest BCUT2D eigenvalue weighted by Gasteiger charge is 2.21. The molecule has 0 amide bonds. The van der Waals surface area contributed by atoms with E-state index in [1.807, 2.05) is 11.8 Å². The van der Waals surface area contributed by atoms with Crippen LogP contribution in [0.25, 0.3) is 0 Å². The fourth-order valence-corrected chi connectivity index (χ4v) is 2.94. The molecule has 1 aromatic carbocycles. The van der Waals surface area contributed by atoms with Crippen LogP contribution in [0.5, 0.6) is 0 Å². The largest absolute Gasteiger partial charge is 0.389 e. The second-order valence-electron chi connectivity index (χ2n) is 5.02. The number of hydrogen-bond donors (Lipinski definition) is 2. The van der Waals surface area contributed by atoms with Gasteiger partial charge in [0.25, 0.3) is 0 Å². The standard InChI is InChI=1S/C14H23NOS/c1-11-5-4-6-13(7-11)9-17-12(2)8-14(3,16)10-15/h4-7,12,16H,8-10,15H2,1-3H3. The quantitative estimate of drug-likeness (QED) is 0.819. The monoisotopic (exact) mass is 253 g/mol. The Labute approximate surface area is 109 Å².